The maximum absolute atomic E-state index is 11.9. The van der Waals surface area contributed by atoms with Gasteiger partial charge in [0.2, 0.25) is 0 Å². The molecule has 2 aliphatic rings. The van der Waals surface area contributed by atoms with Gasteiger partial charge in [0.15, 0.2) is 0 Å². The first-order chi connectivity index (χ1) is 9.44. The lowest BCUT2D eigenvalue weighted by molar-refractivity contribution is 0.0296. The molecule has 1 spiro atoms. The highest BCUT2D eigenvalue weighted by Gasteiger charge is 2.53. The van der Waals surface area contributed by atoms with Crippen LogP contribution < -0.4 is 0 Å². The van der Waals surface area contributed by atoms with Crippen LogP contribution in [0.5, 0.6) is 0 Å². The molecule has 0 aromatic rings. The second-order valence-corrected chi connectivity index (χ2v) is 6.18. The average molecular weight is 341 g/mol. The number of likely N-dealkylation sites (N-methyl/N-ethyl adjacent to an activating group) is 1. The Hall–Kier alpha value is -0.720. The summed E-state index contributed by atoms with van der Waals surface area (Å²) >= 11 is 6.30. The van der Waals surface area contributed by atoms with Gasteiger partial charge in [-0.1, -0.05) is 6.42 Å². The molecule has 0 bridgehead atoms. The molecule has 1 aliphatic carbocycles. The second-order valence-electron chi connectivity index (χ2n) is 5.65. The smallest absolute Gasteiger partial charge is 0.420 e. The Morgan fingerprint density at radius 1 is 1.52 bits per heavy atom. The van der Waals surface area contributed by atoms with E-state index in [1.165, 1.54) is 0 Å². The summed E-state index contributed by atoms with van der Waals surface area (Å²) in [5, 5.41) is -0.236. The van der Waals surface area contributed by atoms with Gasteiger partial charge in [-0.05, 0) is 33.4 Å². The molecule has 2 atom stereocenters. The fourth-order valence-electron chi connectivity index (χ4n) is 2.59. The third-order valence-corrected chi connectivity index (χ3v) is 4.42. The van der Waals surface area contributed by atoms with E-state index < -0.39 is 17.8 Å². The fraction of sp³-hybridized carbons (Fsp3) is 0.846. The minimum atomic E-state index is -0.725. The highest BCUT2D eigenvalue weighted by Crippen LogP contribution is 2.40. The van der Waals surface area contributed by atoms with Gasteiger partial charge < -0.3 is 14.4 Å². The number of alkyl halides is 1. The van der Waals surface area contributed by atoms with Crippen LogP contribution in [-0.4, -0.2) is 66.8 Å². The van der Waals surface area contributed by atoms with Crippen LogP contribution in [0.2, 0.25) is 0 Å². The summed E-state index contributed by atoms with van der Waals surface area (Å²) in [6.45, 7) is 1.05. The minimum absolute atomic E-state index is 0. The largest absolute Gasteiger partial charge is 0.448 e. The van der Waals surface area contributed by atoms with Crippen LogP contribution in [0.25, 0.3) is 0 Å². The number of hydrogen-bond donors (Lipinski definition) is 0. The van der Waals surface area contributed by atoms with Crippen molar-refractivity contribution in [3.8, 4) is 0 Å². The first kappa shape index (κ1) is 18.3. The number of amides is 2. The molecule has 0 aromatic heterocycles. The van der Waals surface area contributed by atoms with Crippen molar-refractivity contribution < 1.29 is 19.1 Å². The van der Waals surface area contributed by atoms with Crippen LogP contribution in [0.1, 0.15) is 25.7 Å². The summed E-state index contributed by atoms with van der Waals surface area (Å²) in [6.07, 6.45) is 2.20. The van der Waals surface area contributed by atoms with E-state index in [4.69, 9.17) is 21.1 Å². The predicted octanol–water partition coefficient (Wildman–Crippen LogP) is 2.48. The zero-order valence-electron chi connectivity index (χ0n) is 12.3. The summed E-state index contributed by atoms with van der Waals surface area (Å²) in [7, 11) is 3.76. The SMILES string of the molecule is CN(C)CCOC(=O)N1CC2(CCCCC2Cl)OC1=O.Cl. The Balaban J connectivity index is 0.00000220. The van der Waals surface area contributed by atoms with Crippen molar-refractivity contribution in [1.29, 1.82) is 0 Å². The lowest BCUT2D eigenvalue weighted by Gasteiger charge is -2.35. The van der Waals surface area contributed by atoms with Crippen LogP contribution in [0.15, 0.2) is 0 Å². The van der Waals surface area contributed by atoms with Gasteiger partial charge >= 0.3 is 12.2 Å². The van der Waals surface area contributed by atoms with Gasteiger partial charge in [0.05, 0.1) is 11.9 Å². The quantitative estimate of drug-likeness (QED) is 0.738. The second kappa shape index (κ2) is 7.51. The molecule has 2 unspecified atom stereocenters. The van der Waals surface area contributed by atoms with Crippen LogP contribution in [0.3, 0.4) is 0 Å². The number of ether oxygens (including phenoxy) is 2. The maximum Gasteiger partial charge on any atom is 0.420 e. The molecule has 1 aliphatic heterocycles. The van der Waals surface area contributed by atoms with Crippen molar-refractivity contribution in [2.24, 2.45) is 0 Å². The van der Waals surface area contributed by atoms with E-state index >= 15 is 0 Å². The standard InChI is InChI=1S/C13H21ClN2O4.ClH/c1-15(2)7-8-19-11(17)16-9-13(20-12(16)18)6-4-3-5-10(13)14;/h10H,3-9H2,1-2H3;1H. The summed E-state index contributed by atoms with van der Waals surface area (Å²) in [5.74, 6) is 0. The van der Waals surface area contributed by atoms with Crippen LogP contribution in [-0.2, 0) is 9.47 Å². The van der Waals surface area contributed by atoms with Gasteiger partial charge in [0, 0.05) is 6.54 Å². The third kappa shape index (κ3) is 4.14. The van der Waals surface area contributed by atoms with E-state index in [1.54, 1.807) is 0 Å². The number of halogens is 2. The van der Waals surface area contributed by atoms with Crippen molar-refractivity contribution in [2.45, 2.75) is 36.7 Å². The average Bonchev–Trinajstić information content (AvgIpc) is 2.71. The fourth-order valence-corrected chi connectivity index (χ4v) is 2.96. The van der Waals surface area contributed by atoms with E-state index in [2.05, 4.69) is 0 Å². The molecular formula is C13H22Cl2N2O4. The van der Waals surface area contributed by atoms with E-state index in [1.807, 2.05) is 19.0 Å². The van der Waals surface area contributed by atoms with Crippen LogP contribution >= 0.6 is 24.0 Å². The lowest BCUT2D eigenvalue weighted by atomic mass is 9.84. The minimum Gasteiger partial charge on any atom is -0.448 e. The number of imide groups is 1. The number of hydrogen-bond acceptors (Lipinski definition) is 5. The normalized spacial score (nSPS) is 28.5. The monoisotopic (exact) mass is 340 g/mol. The Labute approximate surface area is 136 Å². The third-order valence-electron chi connectivity index (χ3n) is 3.80. The van der Waals surface area contributed by atoms with Crippen molar-refractivity contribution in [3.05, 3.63) is 0 Å². The van der Waals surface area contributed by atoms with Gasteiger partial charge in [-0.15, -0.1) is 24.0 Å². The Bertz CT molecular complexity index is 394. The molecule has 2 amide bonds. The topological polar surface area (TPSA) is 59.1 Å². The summed E-state index contributed by atoms with van der Waals surface area (Å²) in [5.41, 5.74) is -0.725. The highest BCUT2D eigenvalue weighted by atomic mass is 35.5. The summed E-state index contributed by atoms with van der Waals surface area (Å²) < 4.78 is 10.5. The number of nitrogens with zero attached hydrogens (tertiary/aromatic N) is 2. The van der Waals surface area contributed by atoms with E-state index in [0.717, 1.165) is 24.2 Å². The van der Waals surface area contributed by atoms with Gasteiger partial charge in [-0.3, -0.25) is 0 Å². The summed E-state index contributed by atoms with van der Waals surface area (Å²) in [6, 6.07) is 0. The molecule has 8 heteroatoms. The van der Waals surface area contributed by atoms with E-state index in [0.29, 0.717) is 13.0 Å². The molecule has 1 saturated heterocycles. The summed E-state index contributed by atoms with van der Waals surface area (Å²) in [4.78, 5) is 26.7. The molecule has 2 fully saturated rings. The van der Waals surface area contributed by atoms with E-state index in [9.17, 15) is 9.59 Å². The highest BCUT2D eigenvalue weighted by molar-refractivity contribution is 6.21. The molecule has 0 aromatic carbocycles. The number of rotatable bonds is 3. The molecule has 1 saturated carbocycles. The molecule has 21 heavy (non-hydrogen) atoms. The van der Waals surface area contributed by atoms with Gasteiger partial charge in [0.1, 0.15) is 12.2 Å². The van der Waals surface area contributed by atoms with Crippen LogP contribution in [0.4, 0.5) is 9.59 Å². The van der Waals surface area contributed by atoms with Gasteiger partial charge in [0.25, 0.3) is 0 Å². The van der Waals surface area contributed by atoms with Crippen molar-refractivity contribution in [2.75, 3.05) is 33.8 Å². The van der Waals surface area contributed by atoms with E-state index in [-0.39, 0.29) is 30.9 Å². The molecule has 6 nitrogen and oxygen atoms in total. The zero-order chi connectivity index (χ0) is 14.8. The molecule has 0 radical (unpaired) electrons. The molecule has 2 rings (SSSR count). The first-order valence-corrected chi connectivity index (χ1v) is 7.34. The van der Waals surface area contributed by atoms with Crippen molar-refractivity contribution in [1.82, 2.24) is 9.80 Å². The van der Waals surface area contributed by atoms with Gasteiger partial charge in [-0.2, -0.15) is 0 Å². The molecule has 0 N–H and O–H groups in total. The molecular weight excluding hydrogens is 319 g/mol. The maximum atomic E-state index is 11.9. The van der Waals surface area contributed by atoms with Crippen molar-refractivity contribution >= 4 is 36.2 Å². The molecule has 1 heterocycles. The Morgan fingerprint density at radius 2 is 2.24 bits per heavy atom. The predicted molar refractivity (Wildman–Crippen MR) is 81.2 cm³/mol. The zero-order valence-corrected chi connectivity index (χ0v) is 13.9. The number of carbonyl (C=O) groups is 2. The Morgan fingerprint density at radius 3 is 2.86 bits per heavy atom. The lowest BCUT2D eigenvalue weighted by Crippen LogP contribution is -2.46. The first-order valence-electron chi connectivity index (χ1n) is 6.91. The molecule has 122 valence electrons. The van der Waals surface area contributed by atoms with Crippen LogP contribution in [0, 0.1) is 0 Å². The Kier molecular flexibility index (Phi) is 6.56. The van der Waals surface area contributed by atoms with Gasteiger partial charge in [-0.25, -0.2) is 14.5 Å². The number of carbonyl (C=O) groups excluding carboxylic acids is 2. The van der Waals surface area contributed by atoms with Crippen molar-refractivity contribution in [3.63, 3.8) is 0 Å².